The number of benzene rings is 2. The van der Waals surface area contributed by atoms with E-state index < -0.39 is 0 Å². The third-order valence-corrected chi connectivity index (χ3v) is 5.62. The summed E-state index contributed by atoms with van der Waals surface area (Å²) < 4.78 is 1.89. The van der Waals surface area contributed by atoms with Gasteiger partial charge in [-0.15, -0.1) is 0 Å². The highest BCUT2D eigenvalue weighted by atomic mass is 35.5. The fraction of sp³-hybridized carbons (Fsp3) is 0.0909. The maximum Gasteiger partial charge on any atom is 0.251 e. The molecule has 2 aromatic carbocycles. The van der Waals surface area contributed by atoms with Gasteiger partial charge in [-0.2, -0.15) is 0 Å². The first-order chi connectivity index (χ1) is 15.5. The summed E-state index contributed by atoms with van der Waals surface area (Å²) in [6.45, 7) is 0.825. The number of nitrogen functional groups attached to an aromatic ring is 1. The average Bonchev–Trinajstić information content (AvgIpc) is 3.37. The average molecular weight is 466 g/mol. The quantitative estimate of drug-likeness (QED) is 0.360. The third kappa shape index (κ3) is 3.86. The first kappa shape index (κ1) is 20.3. The lowest BCUT2D eigenvalue weighted by atomic mass is 10.1. The monoisotopic (exact) mass is 465 g/mol. The number of aromatic amines is 1. The number of nitrogens with two attached hydrogens (primary N) is 1. The minimum atomic E-state index is -0.180. The van der Waals surface area contributed by atoms with E-state index in [-0.39, 0.29) is 5.91 Å². The highest BCUT2D eigenvalue weighted by Gasteiger charge is 2.13. The predicted octanol–water partition coefficient (Wildman–Crippen LogP) is 4.17. The molecule has 3 heterocycles. The number of amides is 1. The molecule has 32 heavy (non-hydrogen) atoms. The number of rotatable bonds is 5. The zero-order chi connectivity index (χ0) is 22.2. The van der Waals surface area contributed by atoms with Gasteiger partial charge in [0.2, 0.25) is 0 Å². The number of imidazole rings is 1. The number of halogens is 2. The fourth-order valence-corrected chi connectivity index (χ4v) is 4.01. The zero-order valence-electron chi connectivity index (χ0n) is 16.6. The van der Waals surface area contributed by atoms with Crippen LogP contribution in [0.1, 0.15) is 21.6 Å². The molecule has 5 rings (SSSR count). The predicted molar refractivity (Wildman–Crippen MR) is 125 cm³/mol. The first-order valence-electron chi connectivity index (χ1n) is 9.73. The summed E-state index contributed by atoms with van der Waals surface area (Å²) in [6, 6.07) is 12.5. The second kappa shape index (κ2) is 8.14. The minimum Gasteiger partial charge on any atom is -0.382 e. The van der Waals surface area contributed by atoms with Crippen molar-refractivity contribution in [3.63, 3.8) is 0 Å². The maximum absolute atomic E-state index is 12.4. The Morgan fingerprint density at radius 1 is 1.06 bits per heavy atom. The molecular weight excluding hydrogens is 449 g/mol. The number of fused-ring (bicyclic) bond motifs is 2. The van der Waals surface area contributed by atoms with Crippen molar-refractivity contribution in [1.82, 2.24) is 29.8 Å². The van der Waals surface area contributed by atoms with Gasteiger partial charge in [0, 0.05) is 26.7 Å². The number of carbonyl (C=O) groups is 1. The van der Waals surface area contributed by atoms with Crippen molar-refractivity contribution in [2.75, 3.05) is 5.73 Å². The van der Waals surface area contributed by atoms with E-state index in [1.165, 1.54) is 6.33 Å². The molecule has 0 radical (unpaired) electrons. The fourth-order valence-electron chi connectivity index (χ4n) is 3.63. The van der Waals surface area contributed by atoms with Gasteiger partial charge in [0.25, 0.3) is 5.91 Å². The number of aromatic nitrogens is 5. The molecule has 0 aliphatic rings. The highest BCUT2D eigenvalue weighted by molar-refractivity contribution is 6.31. The van der Waals surface area contributed by atoms with Crippen molar-refractivity contribution < 1.29 is 4.79 Å². The smallest absolute Gasteiger partial charge is 0.251 e. The van der Waals surface area contributed by atoms with Crippen LogP contribution in [0.3, 0.4) is 0 Å². The number of hydrogen-bond donors (Lipinski definition) is 3. The van der Waals surface area contributed by atoms with Gasteiger partial charge in [0.05, 0.1) is 24.9 Å². The number of hydrogen-bond acceptors (Lipinski definition) is 5. The van der Waals surface area contributed by atoms with E-state index >= 15 is 0 Å². The highest BCUT2D eigenvalue weighted by Crippen LogP contribution is 2.26. The summed E-state index contributed by atoms with van der Waals surface area (Å²) in [5.41, 5.74) is 10.4. The van der Waals surface area contributed by atoms with E-state index in [2.05, 4.69) is 25.3 Å². The molecule has 0 saturated carbocycles. The lowest BCUT2D eigenvalue weighted by Crippen LogP contribution is -2.22. The van der Waals surface area contributed by atoms with Crippen LogP contribution in [-0.2, 0) is 13.1 Å². The van der Waals surface area contributed by atoms with E-state index in [0.717, 1.165) is 22.2 Å². The lowest BCUT2D eigenvalue weighted by molar-refractivity contribution is 0.0950. The Labute approximate surface area is 192 Å². The molecule has 10 heteroatoms. The van der Waals surface area contributed by atoms with Gasteiger partial charge in [-0.1, -0.05) is 23.2 Å². The lowest BCUT2D eigenvalue weighted by Gasteiger charge is -2.07. The second-order valence-corrected chi connectivity index (χ2v) is 8.19. The van der Waals surface area contributed by atoms with Crippen molar-refractivity contribution >= 4 is 57.0 Å². The molecule has 5 aromatic rings. The molecule has 0 bridgehead atoms. The van der Waals surface area contributed by atoms with Gasteiger partial charge in [0.15, 0.2) is 11.5 Å². The Balaban J connectivity index is 1.41. The Bertz CT molecular complexity index is 1460. The van der Waals surface area contributed by atoms with Gasteiger partial charge in [-0.05, 0) is 48.0 Å². The topological polar surface area (TPSA) is 115 Å². The molecule has 0 aliphatic heterocycles. The Morgan fingerprint density at radius 3 is 2.69 bits per heavy atom. The summed E-state index contributed by atoms with van der Waals surface area (Å²) in [7, 11) is 0. The van der Waals surface area contributed by atoms with Gasteiger partial charge < -0.3 is 20.6 Å². The summed E-state index contributed by atoms with van der Waals surface area (Å²) in [6.07, 6.45) is 3.10. The number of carbonyl (C=O) groups excluding carboxylic acids is 1. The van der Waals surface area contributed by atoms with Crippen LogP contribution in [0.25, 0.3) is 22.1 Å². The van der Waals surface area contributed by atoms with Crippen molar-refractivity contribution in [2.24, 2.45) is 0 Å². The van der Waals surface area contributed by atoms with Crippen LogP contribution in [0, 0.1) is 0 Å². The van der Waals surface area contributed by atoms with Gasteiger partial charge in [-0.25, -0.2) is 15.0 Å². The SMILES string of the molecule is Nc1ncnc2c1ncn2Cc1cc(Cl)cc2cc(CNC(=O)c3ccc(Cl)cc3)[nH]c12. The van der Waals surface area contributed by atoms with Crippen molar-refractivity contribution in [1.29, 1.82) is 0 Å². The van der Waals surface area contributed by atoms with Crippen molar-refractivity contribution in [3.05, 3.63) is 82.0 Å². The van der Waals surface area contributed by atoms with Crippen LogP contribution in [0.5, 0.6) is 0 Å². The molecule has 0 aliphatic carbocycles. The van der Waals surface area contributed by atoms with Crippen LogP contribution in [0.4, 0.5) is 5.82 Å². The summed E-state index contributed by atoms with van der Waals surface area (Å²) >= 11 is 12.3. The minimum absolute atomic E-state index is 0.180. The summed E-state index contributed by atoms with van der Waals surface area (Å²) in [5.74, 6) is 0.157. The van der Waals surface area contributed by atoms with Gasteiger partial charge >= 0.3 is 0 Å². The molecule has 8 nitrogen and oxygen atoms in total. The third-order valence-electron chi connectivity index (χ3n) is 5.15. The van der Waals surface area contributed by atoms with E-state index in [4.69, 9.17) is 28.9 Å². The molecule has 0 unspecified atom stereocenters. The largest absolute Gasteiger partial charge is 0.382 e. The molecular formula is C22H17Cl2N7O. The number of anilines is 1. The van der Waals surface area contributed by atoms with Crippen molar-refractivity contribution in [2.45, 2.75) is 13.1 Å². The Kier molecular flexibility index (Phi) is 5.16. The molecule has 4 N–H and O–H groups in total. The van der Waals surface area contributed by atoms with E-state index in [9.17, 15) is 4.79 Å². The summed E-state index contributed by atoms with van der Waals surface area (Å²) in [5, 5.41) is 5.06. The summed E-state index contributed by atoms with van der Waals surface area (Å²) in [4.78, 5) is 28.4. The van der Waals surface area contributed by atoms with E-state index in [1.54, 1.807) is 30.6 Å². The second-order valence-electron chi connectivity index (χ2n) is 7.32. The molecule has 160 valence electrons. The van der Waals surface area contributed by atoms with E-state index in [1.807, 2.05) is 22.8 Å². The number of nitrogens with one attached hydrogen (secondary N) is 2. The van der Waals surface area contributed by atoms with Crippen molar-refractivity contribution in [3.8, 4) is 0 Å². The zero-order valence-corrected chi connectivity index (χ0v) is 18.2. The van der Waals surface area contributed by atoms with Crippen LogP contribution in [0.2, 0.25) is 10.0 Å². The van der Waals surface area contributed by atoms with Crippen LogP contribution >= 0.6 is 23.2 Å². The van der Waals surface area contributed by atoms with Gasteiger partial charge in [0.1, 0.15) is 11.8 Å². The van der Waals surface area contributed by atoms with Gasteiger partial charge in [-0.3, -0.25) is 4.79 Å². The molecule has 3 aromatic heterocycles. The van der Waals surface area contributed by atoms with Crippen LogP contribution in [0.15, 0.2) is 55.1 Å². The van der Waals surface area contributed by atoms with Crippen LogP contribution < -0.4 is 11.1 Å². The number of H-pyrrole nitrogens is 1. The van der Waals surface area contributed by atoms with Crippen LogP contribution in [-0.4, -0.2) is 30.4 Å². The molecule has 1 amide bonds. The standard InChI is InChI=1S/C22H17Cl2N7O/c23-15-3-1-12(2-4-15)22(32)26-8-17-7-13-5-16(24)6-14(18(13)30-17)9-31-11-29-19-20(25)27-10-28-21(19)31/h1-7,10-11,30H,8-9H2,(H,26,32)(H2,25,27,28). The number of nitrogens with zero attached hydrogens (tertiary/aromatic N) is 4. The Morgan fingerprint density at radius 2 is 1.88 bits per heavy atom. The normalized spacial score (nSPS) is 11.3. The molecule has 0 saturated heterocycles. The molecule has 0 spiro atoms. The van der Waals surface area contributed by atoms with E-state index in [0.29, 0.717) is 45.7 Å². The Hall–Kier alpha value is -3.62. The maximum atomic E-state index is 12.4. The molecule has 0 atom stereocenters. The first-order valence-corrected chi connectivity index (χ1v) is 10.5. The molecule has 0 fully saturated rings.